The lowest BCUT2D eigenvalue weighted by molar-refractivity contribution is 0.532. The molecule has 0 saturated carbocycles. The largest absolute Gasteiger partial charge is 0.330 e. The average molecular weight is 247 g/mol. The van der Waals surface area contributed by atoms with Crippen LogP contribution < -0.4 is 5.73 Å². The van der Waals surface area contributed by atoms with Crippen LogP contribution in [-0.2, 0) is 19.9 Å². The van der Waals surface area contributed by atoms with E-state index in [1.807, 2.05) is 31.6 Å². The second kappa shape index (κ2) is 5.78. The van der Waals surface area contributed by atoms with E-state index in [1.165, 1.54) is 17.7 Å². The van der Waals surface area contributed by atoms with Gasteiger partial charge in [-0.3, -0.25) is 4.68 Å². The van der Waals surface area contributed by atoms with E-state index in [4.69, 9.17) is 5.73 Å². The van der Waals surface area contributed by atoms with E-state index >= 15 is 0 Å². The van der Waals surface area contributed by atoms with Crippen molar-refractivity contribution in [1.29, 1.82) is 0 Å². The summed E-state index contributed by atoms with van der Waals surface area (Å²) in [6, 6.07) is 6.63. The van der Waals surface area contributed by atoms with E-state index < -0.39 is 0 Å². The first-order valence-electron chi connectivity index (χ1n) is 6.09. The molecule has 0 fully saturated rings. The highest BCUT2D eigenvalue weighted by atomic mass is 19.1. The van der Waals surface area contributed by atoms with Crippen molar-refractivity contribution >= 4 is 0 Å². The third-order valence-electron chi connectivity index (χ3n) is 3.05. The molecule has 1 atom stereocenters. The Morgan fingerprint density at radius 2 is 1.89 bits per heavy atom. The molecule has 1 aromatic heterocycles. The van der Waals surface area contributed by atoms with Gasteiger partial charge in [0.15, 0.2) is 0 Å². The number of hydrogen-bond donors (Lipinski definition) is 1. The van der Waals surface area contributed by atoms with Gasteiger partial charge >= 0.3 is 0 Å². The van der Waals surface area contributed by atoms with Gasteiger partial charge in [-0.1, -0.05) is 12.1 Å². The summed E-state index contributed by atoms with van der Waals surface area (Å²) in [5, 5.41) is 4.15. The van der Waals surface area contributed by atoms with Gasteiger partial charge in [0.2, 0.25) is 0 Å². The van der Waals surface area contributed by atoms with Crippen LogP contribution in [0.2, 0.25) is 0 Å². The third kappa shape index (κ3) is 3.40. The minimum atomic E-state index is -0.199. The Balaban J connectivity index is 1.99. The minimum absolute atomic E-state index is 0.199. The first kappa shape index (κ1) is 12.8. The quantitative estimate of drug-likeness (QED) is 0.877. The molecule has 0 saturated heterocycles. The molecule has 4 heteroatoms. The first-order valence-corrected chi connectivity index (χ1v) is 6.09. The molecule has 1 heterocycles. The van der Waals surface area contributed by atoms with Crippen LogP contribution in [0, 0.1) is 11.7 Å². The molecule has 2 N–H and O–H groups in total. The van der Waals surface area contributed by atoms with Crippen molar-refractivity contribution in [3.8, 4) is 0 Å². The van der Waals surface area contributed by atoms with Crippen molar-refractivity contribution < 1.29 is 4.39 Å². The fraction of sp³-hybridized carbons (Fsp3) is 0.357. The Labute approximate surface area is 106 Å². The molecule has 0 radical (unpaired) electrons. The molecule has 0 aliphatic carbocycles. The van der Waals surface area contributed by atoms with Crippen molar-refractivity contribution in [2.45, 2.75) is 12.8 Å². The molecule has 0 amide bonds. The van der Waals surface area contributed by atoms with Crippen LogP contribution in [0.5, 0.6) is 0 Å². The minimum Gasteiger partial charge on any atom is -0.330 e. The van der Waals surface area contributed by atoms with Crippen molar-refractivity contribution in [3.05, 3.63) is 53.6 Å². The number of aromatic nitrogens is 2. The maximum Gasteiger partial charge on any atom is 0.123 e. The maximum atomic E-state index is 12.8. The topological polar surface area (TPSA) is 43.8 Å². The summed E-state index contributed by atoms with van der Waals surface area (Å²) in [6.45, 7) is 0.617. The van der Waals surface area contributed by atoms with Gasteiger partial charge in [-0.2, -0.15) is 5.10 Å². The molecule has 0 aliphatic rings. The molecule has 2 rings (SSSR count). The molecule has 1 unspecified atom stereocenters. The van der Waals surface area contributed by atoms with Crippen LogP contribution >= 0.6 is 0 Å². The molecular formula is C14H18FN3. The zero-order valence-corrected chi connectivity index (χ0v) is 10.5. The van der Waals surface area contributed by atoms with Gasteiger partial charge in [0, 0.05) is 13.2 Å². The maximum absolute atomic E-state index is 12.8. The SMILES string of the molecule is Cn1cc(CC(CN)Cc2ccc(F)cc2)cn1. The summed E-state index contributed by atoms with van der Waals surface area (Å²) in [6.07, 6.45) is 5.65. The van der Waals surface area contributed by atoms with E-state index in [2.05, 4.69) is 5.10 Å². The fourth-order valence-electron chi connectivity index (χ4n) is 2.10. The van der Waals surface area contributed by atoms with Gasteiger partial charge in [0.1, 0.15) is 5.82 Å². The summed E-state index contributed by atoms with van der Waals surface area (Å²) in [4.78, 5) is 0. The van der Waals surface area contributed by atoms with Crippen LogP contribution in [-0.4, -0.2) is 16.3 Å². The van der Waals surface area contributed by atoms with E-state index in [0.717, 1.165) is 18.4 Å². The van der Waals surface area contributed by atoms with Crippen molar-refractivity contribution in [2.75, 3.05) is 6.54 Å². The molecule has 0 aliphatic heterocycles. The molecule has 0 spiro atoms. The molecule has 18 heavy (non-hydrogen) atoms. The Morgan fingerprint density at radius 1 is 1.22 bits per heavy atom. The number of nitrogens with two attached hydrogens (primary N) is 1. The Hall–Kier alpha value is -1.68. The summed E-state index contributed by atoms with van der Waals surface area (Å²) in [7, 11) is 1.90. The average Bonchev–Trinajstić information content (AvgIpc) is 2.77. The second-order valence-corrected chi connectivity index (χ2v) is 4.66. The summed E-state index contributed by atoms with van der Waals surface area (Å²) in [5.41, 5.74) is 8.11. The van der Waals surface area contributed by atoms with Crippen LogP contribution in [0.3, 0.4) is 0 Å². The number of halogens is 1. The summed E-state index contributed by atoms with van der Waals surface area (Å²) in [5.74, 6) is 0.162. The van der Waals surface area contributed by atoms with Crippen LogP contribution in [0.1, 0.15) is 11.1 Å². The van der Waals surface area contributed by atoms with E-state index in [9.17, 15) is 4.39 Å². The molecular weight excluding hydrogens is 229 g/mol. The smallest absolute Gasteiger partial charge is 0.123 e. The van der Waals surface area contributed by atoms with Crippen molar-refractivity contribution in [1.82, 2.24) is 9.78 Å². The van der Waals surface area contributed by atoms with Gasteiger partial charge < -0.3 is 5.73 Å². The predicted molar refractivity (Wildman–Crippen MR) is 69.6 cm³/mol. The standard InChI is InChI=1S/C14H18FN3/c1-18-10-13(9-17-18)7-12(8-16)6-11-2-4-14(15)5-3-11/h2-5,9-10,12H,6-8,16H2,1H3. The van der Waals surface area contributed by atoms with Crippen molar-refractivity contribution in [3.63, 3.8) is 0 Å². The Kier molecular flexibility index (Phi) is 4.10. The lowest BCUT2D eigenvalue weighted by Gasteiger charge is -2.13. The lowest BCUT2D eigenvalue weighted by atomic mass is 9.94. The highest BCUT2D eigenvalue weighted by molar-refractivity contribution is 5.17. The van der Waals surface area contributed by atoms with Gasteiger partial charge in [0.25, 0.3) is 0 Å². The van der Waals surface area contributed by atoms with Crippen LogP contribution in [0.25, 0.3) is 0 Å². The number of benzene rings is 1. The third-order valence-corrected chi connectivity index (χ3v) is 3.05. The monoisotopic (exact) mass is 247 g/mol. The Morgan fingerprint density at radius 3 is 2.44 bits per heavy atom. The van der Waals surface area contributed by atoms with Gasteiger partial charge in [-0.25, -0.2) is 4.39 Å². The Bertz CT molecular complexity index is 490. The summed E-state index contributed by atoms with van der Waals surface area (Å²) >= 11 is 0. The van der Waals surface area contributed by atoms with Crippen LogP contribution in [0.4, 0.5) is 4.39 Å². The zero-order valence-electron chi connectivity index (χ0n) is 10.5. The fourth-order valence-corrected chi connectivity index (χ4v) is 2.10. The first-order chi connectivity index (χ1) is 8.67. The number of rotatable bonds is 5. The number of nitrogens with zero attached hydrogens (tertiary/aromatic N) is 2. The lowest BCUT2D eigenvalue weighted by Crippen LogP contribution is -2.19. The predicted octanol–water partition coefficient (Wildman–Crippen LogP) is 1.92. The number of aryl methyl sites for hydroxylation is 1. The summed E-state index contributed by atoms with van der Waals surface area (Å²) < 4.78 is 14.6. The van der Waals surface area contributed by atoms with Gasteiger partial charge in [0.05, 0.1) is 6.20 Å². The highest BCUT2D eigenvalue weighted by Crippen LogP contribution is 2.14. The van der Waals surface area contributed by atoms with E-state index in [0.29, 0.717) is 12.5 Å². The zero-order chi connectivity index (χ0) is 13.0. The van der Waals surface area contributed by atoms with Gasteiger partial charge in [-0.05, 0) is 48.6 Å². The van der Waals surface area contributed by atoms with Gasteiger partial charge in [-0.15, -0.1) is 0 Å². The van der Waals surface area contributed by atoms with Crippen molar-refractivity contribution in [2.24, 2.45) is 18.7 Å². The molecule has 3 nitrogen and oxygen atoms in total. The molecule has 2 aromatic rings. The number of hydrogen-bond acceptors (Lipinski definition) is 2. The van der Waals surface area contributed by atoms with Crippen LogP contribution in [0.15, 0.2) is 36.7 Å². The van der Waals surface area contributed by atoms with E-state index in [-0.39, 0.29) is 5.82 Å². The second-order valence-electron chi connectivity index (χ2n) is 4.66. The normalized spacial score (nSPS) is 12.6. The molecule has 96 valence electrons. The molecule has 1 aromatic carbocycles. The molecule has 0 bridgehead atoms. The van der Waals surface area contributed by atoms with E-state index in [1.54, 1.807) is 4.68 Å². The highest BCUT2D eigenvalue weighted by Gasteiger charge is 2.10.